The molecule has 6 heteroatoms. The van der Waals surface area contributed by atoms with Crippen LogP contribution in [-0.4, -0.2) is 29.7 Å². The molecule has 124 valence electrons. The van der Waals surface area contributed by atoms with Gasteiger partial charge in [-0.3, -0.25) is 4.79 Å². The van der Waals surface area contributed by atoms with Gasteiger partial charge < -0.3 is 10.6 Å². The van der Waals surface area contributed by atoms with E-state index in [1.165, 1.54) is 11.8 Å². The first-order chi connectivity index (χ1) is 11.7. The number of amides is 1. The van der Waals surface area contributed by atoms with E-state index in [4.69, 9.17) is 5.26 Å². The second-order valence-electron chi connectivity index (χ2n) is 5.20. The standard InChI is InChI=1S/C18H20N4OS/c1-14-7-8-17(22-13-14)20-10-4-11-21-18(23)15-5-2-3-6-16(15)24-12-9-19/h2-3,5-8,13H,4,10-12H2,1H3,(H,20,22)(H,21,23). The van der Waals surface area contributed by atoms with Crippen LogP contribution >= 0.6 is 11.8 Å². The van der Waals surface area contributed by atoms with E-state index in [-0.39, 0.29) is 5.91 Å². The van der Waals surface area contributed by atoms with E-state index in [0.717, 1.165) is 29.2 Å². The number of aryl methyl sites for hydroxylation is 1. The van der Waals surface area contributed by atoms with Crippen LogP contribution in [0.3, 0.4) is 0 Å². The first-order valence-electron chi connectivity index (χ1n) is 7.74. The number of anilines is 1. The smallest absolute Gasteiger partial charge is 0.252 e. The molecule has 2 aromatic rings. The van der Waals surface area contributed by atoms with Crippen LogP contribution in [0.4, 0.5) is 5.82 Å². The fourth-order valence-corrected chi connectivity index (χ4v) is 2.78. The summed E-state index contributed by atoms with van der Waals surface area (Å²) in [5.41, 5.74) is 1.74. The molecule has 2 rings (SSSR count). The zero-order chi connectivity index (χ0) is 17.2. The van der Waals surface area contributed by atoms with Gasteiger partial charge in [-0.05, 0) is 37.1 Å². The summed E-state index contributed by atoms with van der Waals surface area (Å²) in [4.78, 5) is 17.4. The van der Waals surface area contributed by atoms with Crippen LogP contribution in [0.2, 0.25) is 0 Å². The highest BCUT2D eigenvalue weighted by Gasteiger charge is 2.10. The van der Waals surface area contributed by atoms with E-state index < -0.39 is 0 Å². The molecule has 5 nitrogen and oxygen atoms in total. The molecule has 0 saturated heterocycles. The largest absolute Gasteiger partial charge is 0.370 e. The maximum absolute atomic E-state index is 12.3. The Morgan fingerprint density at radius 3 is 2.83 bits per heavy atom. The van der Waals surface area contributed by atoms with Gasteiger partial charge in [0.25, 0.3) is 5.91 Å². The molecule has 0 aliphatic heterocycles. The number of rotatable bonds is 8. The molecule has 2 N–H and O–H groups in total. The minimum atomic E-state index is -0.107. The maximum Gasteiger partial charge on any atom is 0.252 e. The van der Waals surface area contributed by atoms with Gasteiger partial charge in [0.1, 0.15) is 5.82 Å². The fourth-order valence-electron chi connectivity index (χ4n) is 2.06. The van der Waals surface area contributed by atoms with Crippen LogP contribution in [0.5, 0.6) is 0 Å². The number of pyridine rings is 1. The van der Waals surface area contributed by atoms with E-state index in [9.17, 15) is 4.79 Å². The van der Waals surface area contributed by atoms with Gasteiger partial charge in [-0.2, -0.15) is 5.26 Å². The third kappa shape index (κ3) is 5.60. The van der Waals surface area contributed by atoms with Crippen LogP contribution in [0, 0.1) is 18.3 Å². The molecule has 0 bridgehead atoms. The lowest BCUT2D eigenvalue weighted by Gasteiger charge is -2.09. The van der Waals surface area contributed by atoms with Crippen molar-refractivity contribution >= 4 is 23.5 Å². The molecule has 0 saturated carbocycles. The molecule has 0 radical (unpaired) electrons. The summed E-state index contributed by atoms with van der Waals surface area (Å²) in [6.07, 6.45) is 2.62. The zero-order valence-electron chi connectivity index (χ0n) is 13.6. The number of nitriles is 1. The van der Waals surface area contributed by atoms with Crippen LogP contribution in [0.1, 0.15) is 22.3 Å². The number of nitrogens with one attached hydrogen (secondary N) is 2. The van der Waals surface area contributed by atoms with Crippen molar-refractivity contribution < 1.29 is 4.79 Å². The topological polar surface area (TPSA) is 77.8 Å². The highest BCUT2D eigenvalue weighted by atomic mass is 32.2. The normalized spacial score (nSPS) is 10.0. The molecule has 1 aromatic carbocycles. The number of carbonyl (C=O) groups is 1. The number of aromatic nitrogens is 1. The second-order valence-corrected chi connectivity index (χ2v) is 6.22. The van der Waals surface area contributed by atoms with Crippen LogP contribution < -0.4 is 10.6 Å². The molecule has 1 aromatic heterocycles. The Labute approximate surface area is 146 Å². The summed E-state index contributed by atoms with van der Waals surface area (Å²) in [6.45, 7) is 3.31. The van der Waals surface area contributed by atoms with Crippen LogP contribution in [0.25, 0.3) is 0 Å². The predicted octanol–water partition coefficient (Wildman–Crippen LogP) is 3.24. The Morgan fingerprint density at radius 2 is 2.08 bits per heavy atom. The van der Waals surface area contributed by atoms with Crippen LogP contribution in [0.15, 0.2) is 47.5 Å². The van der Waals surface area contributed by atoms with Crippen molar-refractivity contribution in [1.82, 2.24) is 10.3 Å². The fraction of sp³-hybridized carbons (Fsp3) is 0.278. The average molecular weight is 340 g/mol. The lowest BCUT2D eigenvalue weighted by Crippen LogP contribution is -2.26. The Balaban J connectivity index is 1.75. The Bertz CT molecular complexity index is 710. The van der Waals surface area contributed by atoms with Crippen molar-refractivity contribution in [3.63, 3.8) is 0 Å². The molecule has 1 heterocycles. The molecule has 0 aliphatic carbocycles. The molecule has 0 atom stereocenters. The van der Waals surface area contributed by atoms with Crippen molar-refractivity contribution in [3.8, 4) is 6.07 Å². The molecule has 1 amide bonds. The zero-order valence-corrected chi connectivity index (χ0v) is 14.4. The number of hydrogen-bond donors (Lipinski definition) is 2. The highest BCUT2D eigenvalue weighted by molar-refractivity contribution is 7.99. The number of hydrogen-bond acceptors (Lipinski definition) is 5. The minimum absolute atomic E-state index is 0.107. The van der Waals surface area contributed by atoms with Gasteiger partial charge >= 0.3 is 0 Å². The lowest BCUT2D eigenvalue weighted by atomic mass is 10.2. The van der Waals surface area contributed by atoms with E-state index in [1.54, 1.807) is 6.07 Å². The molecule has 0 aliphatic rings. The monoisotopic (exact) mass is 340 g/mol. The highest BCUT2D eigenvalue weighted by Crippen LogP contribution is 2.22. The number of thioether (sulfide) groups is 1. The second kappa shape index (κ2) is 9.58. The van der Waals surface area contributed by atoms with Crippen LogP contribution in [-0.2, 0) is 0 Å². The van der Waals surface area contributed by atoms with Gasteiger partial charge in [0.05, 0.1) is 17.4 Å². The number of benzene rings is 1. The van der Waals surface area contributed by atoms with Gasteiger partial charge in [-0.1, -0.05) is 18.2 Å². The quantitative estimate of drug-likeness (QED) is 0.570. The van der Waals surface area contributed by atoms with Crippen molar-refractivity contribution in [2.24, 2.45) is 0 Å². The van der Waals surface area contributed by atoms with E-state index >= 15 is 0 Å². The molecular formula is C18H20N4OS. The molecule has 0 spiro atoms. The van der Waals surface area contributed by atoms with Gasteiger partial charge in [0.15, 0.2) is 0 Å². The molecule has 0 unspecified atom stereocenters. The number of carbonyl (C=O) groups excluding carboxylic acids is 1. The lowest BCUT2D eigenvalue weighted by molar-refractivity contribution is 0.0950. The summed E-state index contributed by atoms with van der Waals surface area (Å²) in [5.74, 6) is 1.06. The van der Waals surface area contributed by atoms with E-state index in [1.807, 2.05) is 43.5 Å². The maximum atomic E-state index is 12.3. The summed E-state index contributed by atoms with van der Waals surface area (Å²) in [5, 5.41) is 14.8. The summed E-state index contributed by atoms with van der Waals surface area (Å²) in [6, 6.07) is 13.4. The van der Waals surface area contributed by atoms with E-state index in [0.29, 0.717) is 17.9 Å². The third-order valence-corrected chi connectivity index (χ3v) is 4.22. The van der Waals surface area contributed by atoms with Gasteiger partial charge in [0, 0.05) is 24.2 Å². The van der Waals surface area contributed by atoms with Gasteiger partial charge in [-0.15, -0.1) is 11.8 Å². The first-order valence-corrected chi connectivity index (χ1v) is 8.73. The van der Waals surface area contributed by atoms with Crippen molar-refractivity contribution in [2.45, 2.75) is 18.2 Å². The predicted molar refractivity (Wildman–Crippen MR) is 97.2 cm³/mol. The van der Waals surface area contributed by atoms with Gasteiger partial charge in [0.2, 0.25) is 0 Å². The molecular weight excluding hydrogens is 320 g/mol. The first kappa shape index (κ1) is 17.8. The average Bonchev–Trinajstić information content (AvgIpc) is 2.61. The molecule has 0 fully saturated rings. The summed E-state index contributed by atoms with van der Waals surface area (Å²) < 4.78 is 0. The minimum Gasteiger partial charge on any atom is -0.370 e. The van der Waals surface area contributed by atoms with Crippen molar-refractivity contribution in [1.29, 1.82) is 5.26 Å². The summed E-state index contributed by atoms with van der Waals surface area (Å²) >= 11 is 1.37. The van der Waals surface area contributed by atoms with Crippen molar-refractivity contribution in [2.75, 3.05) is 24.2 Å². The Hall–Kier alpha value is -2.52. The molecule has 24 heavy (non-hydrogen) atoms. The third-order valence-electron chi connectivity index (χ3n) is 3.28. The van der Waals surface area contributed by atoms with Gasteiger partial charge in [-0.25, -0.2) is 4.98 Å². The van der Waals surface area contributed by atoms with Crippen molar-refractivity contribution in [3.05, 3.63) is 53.7 Å². The Morgan fingerprint density at radius 1 is 1.25 bits per heavy atom. The van der Waals surface area contributed by atoms with E-state index in [2.05, 4.69) is 21.7 Å². The summed E-state index contributed by atoms with van der Waals surface area (Å²) in [7, 11) is 0. The Kier molecular flexibility index (Phi) is 7.12. The SMILES string of the molecule is Cc1ccc(NCCCNC(=O)c2ccccc2SCC#N)nc1. The number of nitrogens with zero attached hydrogens (tertiary/aromatic N) is 2.